The lowest BCUT2D eigenvalue weighted by molar-refractivity contribution is 0.888. The summed E-state index contributed by atoms with van der Waals surface area (Å²) in [5.74, 6) is 1.15. The van der Waals surface area contributed by atoms with E-state index in [0.717, 1.165) is 16.8 Å². The highest BCUT2D eigenvalue weighted by Gasteiger charge is 2.18. The molecule has 3 aromatic heterocycles. The number of nitrogens with one attached hydrogen (secondary N) is 1. The molecular weight excluding hydrogens is 450 g/mol. The number of aromatic nitrogens is 7. The van der Waals surface area contributed by atoms with E-state index in [-0.39, 0.29) is 5.56 Å². The fourth-order valence-electron chi connectivity index (χ4n) is 3.87. The molecule has 0 aliphatic heterocycles. The topological polar surface area (TPSA) is 94.3 Å². The quantitative estimate of drug-likeness (QED) is 0.408. The molecule has 0 aliphatic carbocycles. The first-order valence-corrected chi connectivity index (χ1v) is 10.9. The van der Waals surface area contributed by atoms with E-state index in [4.69, 9.17) is 16.6 Å². The molecule has 6 aromatic rings. The monoisotopic (exact) mass is 465 g/mol. The molecule has 164 valence electrons. The maximum absolute atomic E-state index is 13.7. The minimum atomic E-state index is -0.219. The Morgan fingerprint density at radius 3 is 2.26 bits per heavy atom. The SMILES string of the molecule is O=c1c2cnn(-c3ccccc3)c2nc(-c2ccc(-c3ncn[nH]3)cc2)n1-c1ccc(Cl)cc1. The van der Waals surface area contributed by atoms with Crippen molar-refractivity contribution in [2.75, 3.05) is 0 Å². The molecule has 8 nitrogen and oxygen atoms in total. The van der Waals surface area contributed by atoms with Crippen LogP contribution in [0.1, 0.15) is 0 Å². The Bertz CT molecular complexity index is 1650. The van der Waals surface area contributed by atoms with Crippen LogP contribution in [-0.4, -0.2) is 34.5 Å². The van der Waals surface area contributed by atoms with E-state index in [2.05, 4.69) is 20.3 Å². The predicted octanol–water partition coefficient (Wildman–Crippen LogP) is 4.68. The summed E-state index contributed by atoms with van der Waals surface area (Å²) >= 11 is 6.10. The van der Waals surface area contributed by atoms with Crippen LogP contribution in [0.2, 0.25) is 5.02 Å². The van der Waals surface area contributed by atoms with Gasteiger partial charge in [0.1, 0.15) is 17.5 Å². The van der Waals surface area contributed by atoms with Crippen LogP contribution in [-0.2, 0) is 0 Å². The van der Waals surface area contributed by atoms with Gasteiger partial charge in [-0.25, -0.2) is 14.6 Å². The van der Waals surface area contributed by atoms with Gasteiger partial charge in [-0.3, -0.25) is 14.5 Å². The largest absolute Gasteiger partial charge is 0.269 e. The number of halogens is 1. The number of H-pyrrole nitrogens is 1. The Morgan fingerprint density at radius 1 is 0.824 bits per heavy atom. The molecule has 0 aliphatic rings. The summed E-state index contributed by atoms with van der Waals surface area (Å²) in [7, 11) is 0. The van der Waals surface area contributed by atoms with Gasteiger partial charge in [-0.2, -0.15) is 10.2 Å². The number of benzene rings is 3. The number of para-hydroxylation sites is 1. The van der Waals surface area contributed by atoms with Gasteiger partial charge in [0.15, 0.2) is 11.5 Å². The highest BCUT2D eigenvalue weighted by molar-refractivity contribution is 6.30. The average molecular weight is 466 g/mol. The molecular formula is C25H16ClN7O. The first-order chi connectivity index (χ1) is 16.7. The van der Waals surface area contributed by atoms with Crippen molar-refractivity contribution in [2.45, 2.75) is 0 Å². The highest BCUT2D eigenvalue weighted by Crippen LogP contribution is 2.26. The Hall–Kier alpha value is -4.56. The fraction of sp³-hybridized carbons (Fsp3) is 0. The van der Waals surface area contributed by atoms with Crippen LogP contribution in [0.15, 0.2) is 96.2 Å². The number of hydrogen-bond acceptors (Lipinski definition) is 5. The Kier molecular flexibility index (Phi) is 4.78. The smallest absolute Gasteiger partial charge is 0.268 e. The summed E-state index contributed by atoms with van der Waals surface area (Å²) in [6.45, 7) is 0. The number of rotatable bonds is 4. The van der Waals surface area contributed by atoms with E-state index >= 15 is 0 Å². The molecule has 34 heavy (non-hydrogen) atoms. The molecule has 0 saturated heterocycles. The van der Waals surface area contributed by atoms with Gasteiger partial charge in [0.2, 0.25) is 0 Å². The van der Waals surface area contributed by atoms with E-state index in [1.165, 1.54) is 6.33 Å². The third-order valence-corrected chi connectivity index (χ3v) is 5.77. The zero-order valence-electron chi connectivity index (χ0n) is 17.6. The average Bonchev–Trinajstić information content (AvgIpc) is 3.56. The van der Waals surface area contributed by atoms with Gasteiger partial charge >= 0.3 is 0 Å². The molecule has 0 spiro atoms. The molecule has 1 N–H and O–H groups in total. The molecule has 0 fully saturated rings. The molecule has 0 saturated carbocycles. The molecule has 0 atom stereocenters. The second-order valence-corrected chi connectivity index (χ2v) is 8.03. The van der Waals surface area contributed by atoms with E-state index < -0.39 is 0 Å². The summed E-state index contributed by atoms with van der Waals surface area (Å²) < 4.78 is 3.26. The zero-order valence-corrected chi connectivity index (χ0v) is 18.4. The van der Waals surface area contributed by atoms with Gasteiger partial charge in [-0.1, -0.05) is 54.1 Å². The van der Waals surface area contributed by atoms with Crippen LogP contribution in [0, 0.1) is 0 Å². The van der Waals surface area contributed by atoms with Crippen LogP contribution in [0.5, 0.6) is 0 Å². The number of fused-ring (bicyclic) bond motifs is 1. The minimum Gasteiger partial charge on any atom is -0.268 e. The lowest BCUT2D eigenvalue weighted by Crippen LogP contribution is -2.22. The molecule has 6 rings (SSSR count). The van der Waals surface area contributed by atoms with Crippen LogP contribution < -0.4 is 5.56 Å². The second-order valence-electron chi connectivity index (χ2n) is 7.59. The second kappa shape index (κ2) is 8.09. The summed E-state index contributed by atoms with van der Waals surface area (Å²) in [5.41, 5.74) is 3.38. The zero-order chi connectivity index (χ0) is 23.1. The summed E-state index contributed by atoms with van der Waals surface area (Å²) in [5, 5.41) is 12.2. The van der Waals surface area contributed by atoms with Gasteiger partial charge in [-0.15, -0.1) is 0 Å². The standard InChI is InChI=1S/C25H16ClN7O/c26-18-10-12-19(13-11-18)32-23(17-8-6-16(7-9-17)22-27-15-28-31-22)30-24-21(25(32)34)14-29-33(24)20-4-2-1-3-5-20/h1-15H,(H,27,28,31). The lowest BCUT2D eigenvalue weighted by Gasteiger charge is -2.14. The van der Waals surface area contributed by atoms with Crippen molar-refractivity contribution in [3.8, 4) is 34.2 Å². The maximum Gasteiger partial charge on any atom is 0.269 e. The molecule has 0 bridgehead atoms. The van der Waals surface area contributed by atoms with Crippen LogP contribution in [0.3, 0.4) is 0 Å². The third-order valence-electron chi connectivity index (χ3n) is 5.52. The van der Waals surface area contributed by atoms with Crippen LogP contribution in [0.4, 0.5) is 0 Å². The minimum absolute atomic E-state index is 0.219. The van der Waals surface area contributed by atoms with Crippen molar-refractivity contribution in [3.63, 3.8) is 0 Å². The number of aromatic amines is 1. The van der Waals surface area contributed by atoms with Gasteiger partial charge in [0.05, 0.1) is 17.6 Å². The molecule has 0 radical (unpaired) electrons. The van der Waals surface area contributed by atoms with E-state index in [1.807, 2.05) is 54.6 Å². The van der Waals surface area contributed by atoms with E-state index in [0.29, 0.717) is 33.4 Å². The maximum atomic E-state index is 13.7. The lowest BCUT2D eigenvalue weighted by atomic mass is 10.1. The Labute approximate surface area is 198 Å². The molecule has 9 heteroatoms. The number of hydrogen-bond donors (Lipinski definition) is 1. The molecule has 0 amide bonds. The van der Waals surface area contributed by atoms with Crippen molar-refractivity contribution >= 4 is 22.6 Å². The van der Waals surface area contributed by atoms with Crippen molar-refractivity contribution in [1.29, 1.82) is 0 Å². The Morgan fingerprint density at radius 2 is 1.56 bits per heavy atom. The molecule has 3 aromatic carbocycles. The summed E-state index contributed by atoms with van der Waals surface area (Å²) in [6, 6.07) is 24.3. The van der Waals surface area contributed by atoms with E-state index in [1.54, 1.807) is 39.7 Å². The Balaban J connectivity index is 1.61. The van der Waals surface area contributed by atoms with Crippen LogP contribution >= 0.6 is 11.6 Å². The van der Waals surface area contributed by atoms with Gasteiger partial charge in [-0.05, 0) is 36.4 Å². The normalized spacial score (nSPS) is 11.2. The first-order valence-electron chi connectivity index (χ1n) is 10.5. The van der Waals surface area contributed by atoms with Crippen LogP contribution in [0.25, 0.3) is 45.2 Å². The first kappa shape index (κ1) is 20.1. The van der Waals surface area contributed by atoms with Gasteiger partial charge in [0, 0.05) is 16.1 Å². The van der Waals surface area contributed by atoms with Crippen molar-refractivity contribution in [1.82, 2.24) is 34.5 Å². The third kappa shape index (κ3) is 3.37. The summed E-state index contributed by atoms with van der Waals surface area (Å²) in [6.07, 6.45) is 3.02. The molecule has 0 unspecified atom stereocenters. The van der Waals surface area contributed by atoms with Crippen molar-refractivity contribution < 1.29 is 0 Å². The fourth-order valence-corrected chi connectivity index (χ4v) is 4.00. The number of nitrogens with zero attached hydrogens (tertiary/aromatic N) is 6. The highest BCUT2D eigenvalue weighted by atomic mass is 35.5. The van der Waals surface area contributed by atoms with Gasteiger partial charge < -0.3 is 0 Å². The van der Waals surface area contributed by atoms with Crippen molar-refractivity contribution in [2.24, 2.45) is 0 Å². The summed E-state index contributed by atoms with van der Waals surface area (Å²) in [4.78, 5) is 22.8. The van der Waals surface area contributed by atoms with Crippen molar-refractivity contribution in [3.05, 3.63) is 107 Å². The van der Waals surface area contributed by atoms with Gasteiger partial charge in [0.25, 0.3) is 5.56 Å². The predicted molar refractivity (Wildman–Crippen MR) is 130 cm³/mol. The molecule has 3 heterocycles. The van der Waals surface area contributed by atoms with E-state index in [9.17, 15) is 4.79 Å².